The summed E-state index contributed by atoms with van der Waals surface area (Å²) in [5.41, 5.74) is 3.10. The lowest BCUT2D eigenvalue weighted by molar-refractivity contribution is 0.0734. The van der Waals surface area contributed by atoms with Crippen LogP contribution in [-0.4, -0.2) is 5.97 Å². The van der Waals surface area contributed by atoms with Crippen molar-refractivity contribution in [2.45, 2.75) is 84.0 Å². The van der Waals surface area contributed by atoms with Crippen molar-refractivity contribution >= 4 is 12.0 Å². The van der Waals surface area contributed by atoms with Crippen LogP contribution >= 0.6 is 0 Å². The minimum absolute atomic E-state index is 0.291. The number of carbonyl (C=O) groups is 1. The molecule has 0 heterocycles. The first-order valence-corrected chi connectivity index (χ1v) is 12.3. The summed E-state index contributed by atoms with van der Waals surface area (Å²) in [6.45, 7) is 4.44. The van der Waals surface area contributed by atoms with E-state index >= 15 is 0 Å². The van der Waals surface area contributed by atoms with Gasteiger partial charge in [0.05, 0.1) is 5.56 Å². The fourth-order valence-corrected chi connectivity index (χ4v) is 4.56. The van der Waals surface area contributed by atoms with Crippen molar-refractivity contribution in [2.75, 3.05) is 0 Å². The van der Waals surface area contributed by atoms with E-state index in [0.717, 1.165) is 24.3 Å². The Morgan fingerprint density at radius 3 is 2.26 bits per heavy atom. The van der Waals surface area contributed by atoms with Gasteiger partial charge < -0.3 is 4.74 Å². The zero-order valence-electron chi connectivity index (χ0n) is 19.3. The second-order valence-electron chi connectivity index (χ2n) is 8.99. The van der Waals surface area contributed by atoms with Gasteiger partial charge in [-0.05, 0) is 79.3 Å². The van der Waals surface area contributed by atoms with E-state index in [4.69, 9.17) is 4.74 Å². The van der Waals surface area contributed by atoms with Crippen LogP contribution in [0.25, 0.3) is 6.08 Å². The van der Waals surface area contributed by atoms with Crippen LogP contribution in [0.1, 0.15) is 105 Å². The Bertz CT molecular complexity index is 809. The van der Waals surface area contributed by atoms with Gasteiger partial charge in [0.15, 0.2) is 0 Å². The molecular formula is C29H38O2. The molecule has 1 saturated carbocycles. The number of rotatable bonds is 10. The van der Waals surface area contributed by atoms with Crippen molar-refractivity contribution in [1.82, 2.24) is 0 Å². The molecule has 2 aromatic carbocycles. The summed E-state index contributed by atoms with van der Waals surface area (Å²) in [4.78, 5) is 12.5. The van der Waals surface area contributed by atoms with Gasteiger partial charge in [0.1, 0.15) is 5.75 Å². The molecule has 31 heavy (non-hydrogen) atoms. The highest BCUT2D eigenvalue weighted by atomic mass is 16.5. The first-order chi connectivity index (χ1) is 15.2. The van der Waals surface area contributed by atoms with Crippen molar-refractivity contribution in [3.63, 3.8) is 0 Å². The predicted octanol–water partition coefficient (Wildman–Crippen LogP) is 8.57. The van der Waals surface area contributed by atoms with E-state index in [1.165, 1.54) is 56.9 Å². The third kappa shape index (κ3) is 7.38. The molecule has 2 nitrogen and oxygen atoms in total. The van der Waals surface area contributed by atoms with Crippen molar-refractivity contribution in [2.24, 2.45) is 5.92 Å². The fraction of sp³-hybridized carbons (Fsp3) is 0.483. The van der Waals surface area contributed by atoms with Gasteiger partial charge in [0, 0.05) is 0 Å². The Labute approximate surface area is 188 Å². The van der Waals surface area contributed by atoms with Crippen LogP contribution in [0, 0.1) is 5.92 Å². The number of hydrogen-bond acceptors (Lipinski definition) is 2. The average molecular weight is 419 g/mol. The maximum absolute atomic E-state index is 12.5. The lowest BCUT2D eigenvalue weighted by Gasteiger charge is -2.29. The molecule has 166 valence electrons. The molecule has 2 aromatic rings. The SMILES string of the molecule is CCC/C=C/c1ccc(OC(=O)c2ccc(C3CCC(CCCCC)CC3)cc2)cc1. The predicted molar refractivity (Wildman–Crippen MR) is 131 cm³/mol. The molecule has 0 radical (unpaired) electrons. The first-order valence-electron chi connectivity index (χ1n) is 12.3. The largest absolute Gasteiger partial charge is 0.423 e. The summed E-state index contributed by atoms with van der Waals surface area (Å²) in [5, 5.41) is 0. The molecule has 3 rings (SSSR count). The van der Waals surface area contributed by atoms with E-state index in [0.29, 0.717) is 17.2 Å². The Morgan fingerprint density at radius 2 is 1.61 bits per heavy atom. The van der Waals surface area contributed by atoms with Crippen LogP contribution in [0.3, 0.4) is 0 Å². The Morgan fingerprint density at radius 1 is 0.903 bits per heavy atom. The topological polar surface area (TPSA) is 26.3 Å². The van der Waals surface area contributed by atoms with E-state index < -0.39 is 0 Å². The van der Waals surface area contributed by atoms with Gasteiger partial charge in [-0.1, -0.05) is 82.4 Å². The van der Waals surface area contributed by atoms with Gasteiger partial charge in [-0.15, -0.1) is 0 Å². The number of ether oxygens (including phenoxy) is 1. The number of unbranched alkanes of at least 4 members (excludes halogenated alkanes) is 3. The summed E-state index contributed by atoms with van der Waals surface area (Å²) >= 11 is 0. The third-order valence-corrected chi connectivity index (χ3v) is 6.54. The van der Waals surface area contributed by atoms with E-state index in [1.54, 1.807) is 0 Å². The number of benzene rings is 2. The molecule has 1 aliphatic carbocycles. The van der Waals surface area contributed by atoms with Crippen molar-refractivity contribution in [1.29, 1.82) is 0 Å². The summed E-state index contributed by atoms with van der Waals surface area (Å²) in [7, 11) is 0. The third-order valence-electron chi connectivity index (χ3n) is 6.54. The molecule has 0 aliphatic heterocycles. The molecule has 0 unspecified atom stereocenters. The van der Waals surface area contributed by atoms with Gasteiger partial charge >= 0.3 is 5.97 Å². The molecule has 0 bridgehead atoms. The van der Waals surface area contributed by atoms with Crippen LogP contribution in [0.4, 0.5) is 0 Å². The Hall–Kier alpha value is -2.35. The zero-order valence-corrected chi connectivity index (χ0v) is 19.3. The monoisotopic (exact) mass is 418 g/mol. The smallest absolute Gasteiger partial charge is 0.343 e. The number of allylic oxidation sites excluding steroid dienone is 1. The molecule has 0 atom stereocenters. The van der Waals surface area contributed by atoms with Crippen LogP contribution in [0.2, 0.25) is 0 Å². The van der Waals surface area contributed by atoms with Crippen LogP contribution in [-0.2, 0) is 0 Å². The zero-order chi connectivity index (χ0) is 21.9. The quantitative estimate of drug-likeness (QED) is 0.219. The molecule has 0 aromatic heterocycles. The highest BCUT2D eigenvalue weighted by Crippen LogP contribution is 2.37. The molecule has 0 saturated heterocycles. The lowest BCUT2D eigenvalue weighted by atomic mass is 9.77. The van der Waals surface area contributed by atoms with Crippen LogP contribution in [0.5, 0.6) is 5.75 Å². The molecule has 1 fully saturated rings. The average Bonchev–Trinajstić information content (AvgIpc) is 2.81. The molecule has 2 heteroatoms. The van der Waals surface area contributed by atoms with Gasteiger partial charge in [-0.25, -0.2) is 4.79 Å². The minimum Gasteiger partial charge on any atom is -0.423 e. The lowest BCUT2D eigenvalue weighted by Crippen LogP contribution is -2.14. The van der Waals surface area contributed by atoms with Gasteiger partial charge in [0.25, 0.3) is 0 Å². The molecule has 0 amide bonds. The Kier molecular flexibility index (Phi) is 9.39. The van der Waals surface area contributed by atoms with Gasteiger partial charge in [-0.3, -0.25) is 0 Å². The number of carbonyl (C=O) groups excluding carboxylic acids is 1. The van der Waals surface area contributed by atoms with Crippen LogP contribution in [0.15, 0.2) is 54.6 Å². The molecule has 0 N–H and O–H groups in total. The van der Waals surface area contributed by atoms with E-state index in [9.17, 15) is 4.79 Å². The number of hydrogen-bond donors (Lipinski definition) is 0. The summed E-state index contributed by atoms with van der Waals surface area (Å²) in [6, 6.07) is 15.8. The molecule has 0 spiro atoms. The standard InChI is InChI=1S/C29H38O2/c1-3-5-7-9-23-11-15-25(16-12-23)26-17-19-27(20-18-26)29(30)31-28-21-13-24(14-22-28)10-8-6-4-2/h8,10,13-14,17-23,25H,3-7,9,11-12,15-16H2,1-2H3/b10-8+. The maximum atomic E-state index is 12.5. The van der Waals surface area contributed by atoms with E-state index in [1.807, 2.05) is 36.4 Å². The van der Waals surface area contributed by atoms with Crippen LogP contribution < -0.4 is 4.74 Å². The van der Waals surface area contributed by atoms with Crippen molar-refractivity contribution in [3.05, 3.63) is 71.3 Å². The summed E-state index contributed by atoms with van der Waals surface area (Å²) in [6.07, 6.45) is 17.2. The fourth-order valence-electron chi connectivity index (χ4n) is 4.56. The second-order valence-corrected chi connectivity index (χ2v) is 8.99. The first kappa shape index (κ1) is 23.3. The minimum atomic E-state index is -0.291. The highest BCUT2D eigenvalue weighted by Gasteiger charge is 2.22. The maximum Gasteiger partial charge on any atom is 0.343 e. The summed E-state index contributed by atoms with van der Waals surface area (Å²) in [5.74, 6) is 1.86. The molecule has 1 aliphatic rings. The number of esters is 1. The van der Waals surface area contributed by atoms with Crippen molar-refractivity contribution in [3.8, 4) is 5.75 Å². The van der Waals surface area contributed by atoms with E-state index in [2.05, 4.69) is 38.1 Å². The van der Waals surface area contributed by atoms with E-state index in [-0.39, 0.29) is 5.97 Å². The normalized spacial score (nSPS) is 18.9. The molecular weight excluding hydrogens is 380 g/mol. The summed E-state index contributed by atoms with van der Waals surface area (Å²) < 4.78 is 5.56. The Balaban J connectivity index is 1.49. The second kappa shape index (κ2) is 12.5. The van der Waals surface area contributed by atoms with Gasteiger partial charge in [-0.2, -0.15) is 0 Å². The highest BCUT2D eigenvalue weighted by molar-refractivity contribution is 5.91. The van der Waals surface area contributed by atoms with Gasteiger partial charge in [0.2, 0.25) is 0 Å². The van der Waals surface area contributed by atoms with Crippen molar-refractivity contribution < 1.29 is 9.53 Å².